The number of ether oxygens (including phenoxy) is 1. The monoisotopic (exact) mass is 371 g/mol. The predicted octanol–water partition coefficient (Wildman–Crippen LogP) is 3.90. The number of aliphatic hydroxyl groups excluding tert-OH is 1. The fourth-order valence-electron chi connectivity index (χ4n) is 3.21. The molecule has 3 rings (SSSR count). The van der Waals surface area contributed by atoms with E-state index in [1.54, 1.807) is 29.2 Å². The summed E-state index contributed by atoms with van der Waals surface area (Å²) in [5.74, 6) is -0.801. The number of rotatable bonds is 5. The van der Waals surface area contributed by atoms with E-state index in [0.29, 0.717) is 17.9 Å². The van der Waals surface area contributed by atoms with Crippen LogP contribution >= 0.6 is 11.3 Å². The zero-order chi connectivity index (χ0) is 18.8. The normalized spacial score (nSPS) is 19.2. The fraction of sp³-hybridized carbons (Fsp3) is 0.300. The average molecular weight is 371 g/mol. The van der Waals surface area contributed by atoms with E-state index in [2.05, 4.69) is 0 Å². The summed E-state index contributed by atoms with van der Waals surface area (Å²) < 4.78 is 5.20. The first-order chi connectivity index (χ1) is 12.5. The molecule has 6 heteroatoms. The summed E-state index contributed by atoms with van der Waals surface area (Å²) in [5, 5.41) is 12.8. The molecule has 1 aromatic heterocycles. The maximum Gasteiger partial charge on any atom is 0.295 e. The van der Waals surface area contributed by atoms with Crippen LogP contribution in [0.5, 0.6) is 5.75 Å². The molecular weight excluding hydrogens is 350 g/mol. The Kier molecular flexibility index (Phi) is 5.13. The number of hydrogen-bond donors (Lipinski definition) is 1. The van der Waals surface area contributed by atoms with Gasteiger partial charge in [-0.15, -0.1) is 11.3 Å². The zero-order valence-electron chi connectivity index (χ0n) is 15.0. The van der Waals surface area contributed by atoms with Crippen LogP contribution in [0.15, 0.2) is 41.3 Å². The summed E-state index contributed by atoms with van der Waals surface area (Å²) in [4.78, 5) is 27.8. The summed E-state index contributed by atoms with van der Waals surface area (Å²) >= 11 is 1.49. The van der Waals surface area contributed by atoms with Gasteiger partial charge in [-0.3, -0.25) is 9.59 Å². The Morgan fingerprint density at radius 1 is 1.31 bits per heavy atom. The van der Waals surface area contributed by atoms with Crippen molar-refractivity contribution in [2.75, 3.05) is 13.7 Å². The van der Waals surface area contributed by atoms with Crippen LogP contribution in [-0.4, -0.2) is 35.4 Å². The molecule has 136 valence electrons. The number of methoxy groups -OCH3 is 1. The van der Waals surface area contributed by atoms with Crippen molar-refractivity contribution in [2.24, 2.45) is 0 Å². The number of aliphatic hydroxyl groups is 1. The van der Waals surface area contributed by atoms with E-state index in [1.165, 1.54) is 18.4 Å². The standard InChI is InChI=1S/C20H21NO4S/c1-4-9-21-16(19-12(2)8-10-26-19)15(18(23)20(21)24)17(22)13-6-5-7-14(11-13)25-3/h5-8,10-11,16,22H,4,9H2,1-3H3/b17-15-. The minimum Gasteiger partial charge on any atom is -0.507 e. The number of nitrogens with zero attached hydrogens (tertiary/aromatic N) is 1. The van der Waals surface area contributed by atoms with E-state index in [1.807, 2.05) is 25.3 Å². The van der Waals surface area contributed by atoms with Crippen molar-refractivity contribution in [2.45, 2.75) is 26.3 Å². The smallest absolute Gasteiger partial charge is 0.295 e. The molecular formula is C20H21NO4S. The topological polar surface area (TPSA) is 66.8 Å². The number of Topliss-reactive ketones (excluding diaryl/α,β-unsaturated/α-hetero) is 1. The lowest BCUT2D eigenvalue weighted by Crippen LogP contribution is -2.30. The van der Waals surface area contributed by atoms with E-state index in [9.17, 15) is 14.7 Å². The molecule has 1 atom stereocenters. The molecule has 2 aromatic rings. The molecule has 1 aliphatic rings. The van der Waals surface area contributed by atoms with Crippen molar-refractivity contribution in [3.63, 3.8) is 0 Å². The zero-order valence-corrected chi connectivity index (χ0v) is 15.8. The third kappa shape index (κ3) is 3.01. The number of likely N-dealkylation sites (tertiary alicyclic amines) is 1. The highest BCUT2D eigenvalue weighted by Crippen LogP contribution is 2.42. The van der Waals surface area contributed by atoms with Gasteiger partial charge >= 0.3 is 0 Å². The maximum atomic E-state index is 12.7. The number of thiophene rings is 1. The van der Waals surface area contributed by atoms with Crippen LogP contribution in [0.1, 0.15) is 35.4 Å². The van der Waals surface area contributed by atoms with Gasteiger partial charge in [-0.1, -0.05) is 19.1 Å². The molecule has 1 amide bonds. The molecule has 0 spiro atoms. The minimum atomic E-state index is -0.642. The van der Waals surface area contributed by atoms with Crippen LogP contribution in [0, 0.1) is 6.92 Å². The molecule has 1 aliphatic heterocycles. The summed E-state index contributed by atoms with van der Waals surface area (Å²) in [6.45, 7) is 4.37. The maximum absolute atomic E-state index is 12.7. The minimum absolute atomic E-state index is 0.141. The Hall–Kier alpha value is -2.60. The second-order valence-corrected chi connectivity index (χ2v) is 7.14. The highest BCUT2D eigenvalue weighted by Gasteiger charge is 2.46. The van der Waals surface area contributed by atoms with Crippen molar-refractivity contribution >= 4 is 28.8 Å². The number of ketones is 1. The third-order valence-electron chi connectivity index (χ3n) is 4.50. The second-order valence-electron chi connectivity index (χ2n) is 6.19. The first kappa shape index (κ1) is 18.2. The van der Waals surface area contributed by atoms with Gasteiger partial charge in [0.05, 0.1) is 18.7 Å². The molecule has 0 aliphatic carbocycles. The largest absolute Gasteiger partial charge is 0.507 e. The van der Waals surface area contributed by atoms with Gasteiger partial charge in [0.25, 0.3) is 11.7 Å². The van der Waals surface area contributed by atoms with E-state index >= 15 is 0 Å². The van der Waals surface area contributed by atoms with E-state index in [-0.39, 0.29) is 11.3 Å². The van der Waals surface area contributed by atoms with Gasteiger partial charge < -0.3 is 14.7 Å². The molecule has 1 aromatic carbocycles. The van der Waals surface area contributed by atoms with Gasteiger partial charge in [0.15, 0.2) is 0 Å². The van der Waals surface area contributed by atoms with Crippen molar-refractivity contribution in [1.29, 1.82) is 0 Å². The number of hydrogen-bond acceptors (Lipinski definition) is 5. The van der Waals surface area contributed by atoms with Gasteiger partial charge in [-0.25, -0.2) is 0 Å². The molecule has 1 unspecified atom stereocenters. The quantitative estimate of drug-likeness (QED) is 0.492. The second kappa shape index (κ2) is 7.33. The summed E-state index contributed by atoms with van der Waals surface area (Å²) in [6, 6.07) is 8.25. The van der Waals surface area contributed by atoms with Crippen molar-refractivity contribution < 1.29 is 19.4 Å². The van der Waals surface area contributed by atoms with Crippen LogP contribution in [0.3, 0.4) is 0 Å². The lowest BCUT2D eigenvalue weighted by atomic mass is 9.98. The Morgan fingerprint density at radius 2 is 2.08 bits per heavy atom. The molecule has 1 N–H and O–H groups in total. The summed E-state index contributed by atoms with van der Waals surface area (Å²) in [5.41, 5.74) is 1.60. The molecule has 0 bridgehead atoms. The van der Waals surface area contributed by atoms with Gasteiger partial charge in [-0.2, -0.15) is 0 Å². The van der Waals surface area contributed by atoms with E-state index in [0.717, 1.165) is 16.9 Å². The van der Waals surface area contributed by atoms with E-state index < -0.39 is 17.7 Å². The van der Waals surface area contributed by atoms with Crippen LogP contribution in [0.25, 0.3) is 5.76 Å². The Balaban J connectivity index is 2.19. The lowest BCUT2D eigenvalue weighted by molar-refractivity contribution is -0.139. The fourth-order valence-corrected chi connectivity index (χ4v) is 4.26. The molecule has 1 fully saturated rings. The van der Waals surface area contributed by atoms with Crippen LogP contribution in [-0.2, 0) is 9.59 Å². The lowest BCUT2D eigenvalue weighted by Gasteiger charge is -2.24. The highest BCUT2D eigenvalue weighted by molar-refractivity contribution is 7.10. The highest BCUT2D eigenvalue weighted by atomic mass is 32.1. The Bertz CT molecular complexity index is 883. The van der Waals surface area contributed by atoms with E-state index in [4.69, 9.17) is 4.74 Å². The summed E-state index contributed by atoms with van der Waals surface area (Å²) in [6.07, 6.45) is 0.729. The third-order valence-corrected chi connectivity index (χ3v) is 5.57. The van der Waals surface area contributed by atoms with Crippen LogP contribution < -0.4 is 4.74 Å². The number of amides is 1. The summed E-state index contributed by atoms with van der Waals surface area (Å²) in [7, 11) is 1.54. The SMILES string of the molecule is CCCN1C(=O)C(=O)/C(=C(\O)c2cccc(OC)c2)C1c1sccc1C. The first-order valence-corrected chi connectivity index (χ1v) is 9.34. The molecule has 1 saturated heterocycles. The molecule has 26 heavy (non-hydrogen) atoms. The molecule has 2 heterocycles. The van der Waals surface area contributed by atoms with Gasteiger partial charge in [0.2, 0.25) is 0 Å². The molecule has 0 saturated carbocycles. The number of aryl methyl sites for hydroxylation is 1. The van der Waals surface area contributed by atoms with Crippen LogP contribution in [0.2, 0.25) is 0 Å². The Labute approximate surface area is 156 Å². The molecule has 5 nitrogen and oxygen atoms in total. The van der Waals surface area contributed by atoms with Gasteiger partial charge in [-0.05, 0) is 42.5 Å². The number of benzene rings is 1. The number of carbonyl (C=O) groups excluding carboxylic acids is 2. The molecule has 0 radical (unpaired) electrons. The van der Waals surface area contributed by atoms with Gasteiger partial charge in [0, 0.05) is 17.0 Å². The average Bonchev–Trinajstić information content (AvgIpc) is 3.17. The predicted molar refractivity (Wildman–Crippen MR) is 101 cm³/mol. The van der Waals surface area contributed by atoms with Crippen molar-refractivity contribution in [1.82, 2.24) is 4.90 Å². The van der Waals surface area contributed by atoms with Crippen molar-refractivity contribution in [3.05, 3.63) is 57.3 Å². The first-order valence-electron chi connectivity index (χ1n) is 8.46. The van der Waals surface area contributed by atoms with Gasteiger partial charge in [0.1, 0.15) is 11.5 Å². The van der Waals surface area contributed by atoms with Crippen LogP contribution in [0.4, 0.5) is 0 Å². The van der Waals surface area contributed by atoms with Crippen molar-refractivity contribution in [3.8, 4) is 5.75 Å². The number of carbonyl (C=O) groups is 2. The Morgan fingerprint density at radius 3 is 2.69 bits per heavy atom.